The molecule has 0 radical (unpaired) electrons. The van der Waals surface area contributed by atoms with Crippen LogP contribution in [0.4, 0.5) is 0 Å². The van der Waals surface area contributed by atoms with Crippen molar-refractivity contribution in [3.8, 4) is 5.75 Å². The maximum atomic E-state index is 12.4. The summed E-state index contributed by atoms with van der Waals surface area (Å²) in [5.74, 6) is -2.22. The van der Waals surface area contributed by atoms with E-state index in [0.29, 0.717) is 47.8 Å². The Bertz CT molecular complexity index is 1390. The summed E-state index contributed by atoms with van der Waals surface area (Å²) >= 11 is 6.91. The van der Waals surface area contributed by atoms with E-state index in [-0.39, 0.29) is 6.61 Å². The molecule has 0 aliphatic carbocycles. The molecule has 6 atom stereocenters. The monoisotopic (exact) mass is 632 g/mol. The predicted octanol–water partition coefficient (Wildman–Crippen LogP) is 4.11. The van der Waals surface area contributed by atoms with E-state index < -0.39 is 60.5 Å². The van der Waals surface area contributed by atoms with Crippen LogP contribution in [0, 0.1) is 0 Å². The van der Waals surface area contributed by atoms with E-state index in [4.69, 9.17) is 40.0 Å². The predicted molar refractivity (Wildman–Crippen MR) is 156 cm³/mol. The van der Waals surface area contributed by atoms with Crippen molar-refractivity contribution in [1.82, 2.24) is 0 Å². The Kier molecular flexibility index (Phi) is 10.9. The first kappa shape index (κ1) is 33.2. The minimum absolute atomic E-state index is 0.330. The molecule has 4 rings (SSSR count). The molecule has 238 valence electrons. The highest BCUT2D eigenvalue weighted by molar-refractivity contribution is 6.33. The number of fused-ring (bicyclic) bond motifs is 1. The van der Waals surface area contributed by atoms with E-state index in [9.17, 15) is 24.3 Å². The Balaban J connectivity index is 1.86. The Morgan fingerprint density at radius 2 is 1.55 bits per heavy atom. The van der Waals surface area contributed by atoms with Gasteiger partial charge in [-0.05, 0) is 48.4 Å². The van der Waals surface area contributed by atoms with Gasteiger partial charge in [-0.15, -0.1) is 0 Å². The van der Waals surface area contributed by atoms with Gasteiger partial charge >= 0.3 is 23.9 Å². The number of ether oxygens (including phenoxy) is 6. The molecule has 0 amide bonds. The molecule has 2 heterocycles. The topological polar surface area (TPSA) is 144 Å². The van der Waals surface area contributed by atoms with Gasteiger partial charge in [0.05, 0.1) is 17.7 Å². The standard InChI is InChI=1S/C32H37ClO11/c1-16(34)22-10-8-21(9-11-22)13-23-14-25(24-7-6-12-39-28(24)27(23)33)29-31(42-19(4)37)32(43-20(5)38)30(41-18(3)36)26(44-29)15-40-17(2)35/h8-11,14,16,26,29-32,34H,6-7,12-13,15H2,1-5H3/t16?,26-,29+,30-,31+,32+/m1/s1. The van der Waals surface area contributed by atoms with E-state index in [1.807, 2.05) is 30.3 Å². The fourth-order valence-electron chi connectivity index (χ4n) is 5.57. The van der Waals surface area contributed by atoms with Crippen LogP contribution in [0.3, 0.4) is 0 Å². The van der Waals surface area contributed by atoms with Crippen LogP contribution in [0.5, 0.6) is 5.75 Å². The van der Waals surface area contributed by atoms with Gasteiger partial charge in [0, 0.05) is 33.3 Å². The van der Waals surface area contributed by atoms with Gasteiger partial charge in [0.25, 0.3) is 0 Å². The van der Waals surface area contributed by atoms with E-state index in [2.05, 4.69) is 0 Å². The minimum atomic E-state index is -1.30. The van der Waals surface area contributed by atoms with Gasteiger partial charge in [0.1, 0.15) is 24.6 Å². The minimum Gasteiger partial charge on any atom is -0.492 e. The van der Waals surface area contributed by atoms with Crippen LogP contribution >= 0.6 is 11.6 Å². The van der Waals surface area contributed by atoms with Crippen LogP contribution < -0.4 is 4.74 Å². The number of carbonyl (C=O) groups excluding carboxylic acids is 4. The van der Waals surface area contributed by atoms with Crippen molar-refractivity contribution in [2.45, 2.75) is 90.5 Å². The van der Waals surface area contributed by atoms with Crippen LogP contribution in [-0.4, -0.2) is 66.6 Å². The van der Waals surface area contributed by atoms with Gasteiger partial charge in [0.2, 0.25) is 0 Å². The molecule has 2 aromatic carbocycles. The van der Waals surface area contributed by atoms with Gasteiger partial charge < -0.3 is 33.5 Å². The quantitative estimate of drug-likeness (QED) is 0.315. The zero-order valence-electron chi connectivity index (χ0n) is 25.3. The molecule has 2 aliphatic rings. The normalized spacial score (nSPS) is 23.4. The molecule has 1 fully saturated rings. The highest BCUT2D eigenvalue weighted by Crippen LogP contribution is 2.46. The zero-order chi connectivity index (χ0) is 32.1. The number of benzene rings is 2. The number of esters is 4. The van der Waals surface area contributed by atoms with Crippen LogP contribution in [0.25, 0.3) is 0 Å². The van der Waals surface area contributed by atoms with Crippen molar-refractivity contribution >= 4 is 35.5 Å². The van der Waals surface area contributed by atoms with Crippen LogP contribution in [0.15, 0.2) is 30.3 Å². The second-order valence-electron chi connectivity index (χ2n) is 10.9. The largest absolute Gasteiger partial charge is 0.492 e. The summed E-state index contributed by atoms with van der Waals surface area (Å²) in [6.45, 7) is 6.58. The highest BCUT2D eigenvalue weighted by atomic mass is 35.5. The van der Waals surface area contributed by atoms with Gasteiger partial charge in [0.15, 0.2) is 18.3 Å². The number of carbonyl (C=O) groups is 4. The van der Waals surface area contributed by atoms with Crippen molar-refractivity contribution < 1.29 is 52.7 Å². The maximum absolute atomic E-state index is 12.4. The number of aliphatic hydroxyl groups is 1. The summed E-state index contributed by atoms with van der Waals surface area (Å²) in [5.41, 5.74) is 3.69. The maximum Gasteiger partial charge on any atom is 0.303 e. The average Bonchev–Trinajstić information content (AvgIpc) is 2.95. The number of aliphatic hydroxyl groups excluding tert-OH is 1. The van der Waals surface area contributed by atoms with Crippen LogP contribution in [0.2, 0.25) is 5.02 Å². The molecular weight excluding hydrogens is 596 g/mol. The van der Waals surface area contributed by atoms with Crippen molar-refractivity contribution in [3.63, 3.8) is 0 Å². The number of halogens is 1. The lowest BCUT2D eigenvalue weighted by molar-refractivity contribution is -0.254. The first-order chi connectivity index (χ1) is 20.8. The molecule has 2 aliphatic heterocycles. The lowest BCUT2D eigenvalue weighted by atomic mass is 9.85. The van der Waals surface area contributed by atoms with Gasteiger partial charge in [-0.1, -0.05) is 41.9 Å². The van der Waals surface area contributed by atoms with Gasteiger partial charge in [-0.25, -0.2) is 0 Å². The average molecular weight is 633 g/mol. The molecule has 12 heteroatoms. The van der Waals surface area contributed by atoms with Crippen LogP contribution in [-0.2, 0) is 55.7 Å². The summed E-state index contributed by atoms with van der Waals surface area (Å²) in [6, 6.07) is 9.31. The molecule has 0 saturated carbocycles. The first-order valence-electron chi connectivity index (χ1n) is 14.4. The van der Waals surface area contributed by atoms with Crippen molar-refractivity contribution in [2.24, 2.45) is 0 Å². The molecule has 1 saturated heterocycles. The lowest BCUT2D eigenvalue weighted by Crippen LogP contribution is -2.59. The van der Waals surface area contributed by atoms with Crippen LogP contribution in [0.1, 0.15) is 81.1 Å². The third kappa shape index (κ3) is 7.88. The third-order valence-electron chi connectivity index (χ3n) is 7.41. The Labute approximate surface area is 260 Å². The summed E-state index contributed by atoms with van der Waals surface area (Å²) in [5, 5.41) is 10.3. The molecule has 2 aromatic rings. The first-order valence-corrected chi connectivity index (χ1v) is 14.8. The van der Waals surface area contributed by atoms with Gasteiger partial charge in [-0.3, -0.25) is 19.2 Å². The number of hydrogen-bond donors (Lipinski definition) is 1. The fraction of sp³-hybridized carbons (Fsp3) is 0.500. The van der Waals surface area contributed by atoms with Crippen molar-refractivity contribution in [1.29, 1.82) is 0 Å². The van der Waals surface area contributed by atoms with E-state index >= 15 is 0 Å². The van der Waals surface area contributed by atoms with Crippen molar-refractivity contribution in [3.05, 3.63) is 63.2 Å². The molecule has 0 bridgehead atoms. The summed E-state index contributed by atoms with van der Waals surface area (Å²) in [4.78, 5) is 48.6. The number of hydrogen-bond acceptors (Lipinski definition) is 11. The molecule has 1 N–H and O–H groups in total. The second-order valence-corrected chi connectivity index (χ2v) is 11.3. The Hall–Kier alpha value is -3.67. The summed E-state index contributed by atoms with van der Waals surface area (Å²) < 4.78 is 34.6. The summed E-state index contributed by atoms with van der Waals surface area (Å²) in [7, 11) is 0. The fourth-order valence-corrected chi connectivity index (χ4v) is 5.86. The van der Waals surface area contributed by atoms with E-state index in [1.165, 1.54) is 27.7 Å². The third-order valence-corrected chi connectivity index (χ3v) is 7.82. The second kappa shape index (κ2) is 14.4. The lowest BCUT2D eigenvalue weighted by Gasteiger charge is -2.45. The molecule has 0 spiro atoms. The van der Waals surface area contributed by atoms with E-state index in [0.717, 1.165) is 16.7 Å². The molecule has 44 heavy (non-hydrogen) atoms. The molecular formula is C32H37ClO11. The molecule has 1 unspecified atom stereocenters. The Morgan fingerprint density at radius 3 is 2.14 bits per heavy atom. The number of rotatable bonds is 9. The summed E-state index contributed by atoms with van der Waals surface area (Å²) in [6.07, 6.45) is -4.92. The SMILES string of the molecule is CC(=O)OC[C@H]1O[C@@H](c2cc(Cc3ccc(C(C)O)cc3)c(Cl)c3c2CCCO3)[C@H](OC(C)=O)[C@@H](OC(C)=O)[C@@H]1OC(C)=O. The van der Waals surface area contributed by atoms with Crippen molar-refractivity contribution in [2.75, 3.05) is 13.2 Å². The highest BCUT2D eigenvalue weighted by Gasteiger charge is 2.53. The molecule has 11 nitrogen and oxygen atoms in total. The Morgan fingerprint density at radius 1 is 0.932 bits per heavy atom. The van der Waals surface area contributed by atoms with E-state index in [1.54, 1.807) is 6.92 Å². The molecule has 0 aromatic heterocycles. The van der Waals surface area contributed by atoms with Gasteiger partial charge in [-0.2, -0.15) is 0 Å². The zero-order valence-corrected chi connectivity index (χ0v) is 26.0. The smallest absolute Gasteiger partial charge is 0.303 e.